The van der Waals surface area contributed by atoms with Crippen LogP contribution in [0.2, 0.25) is 0 Å². The van der Waals surface area contributed by atoms with Gasteiger partial charge in [0.25, 0.3) is 0 Å². The highest BCUT2D eigenvalue weighted by Crippen LogP contribution is 2.28. The van der Waals surface area contributed by atoms with E-state index in [1.54, 1.807) is 0 Å². The molecule has 0 bridgehead atoms. The summed E-state index contributed by atoms with van der Waals surface area (Å²) in [6, 6.07) is 18.2. The Bertz CT molecular complexity index is 631. The van der Waals surface area contributed by atoms with Crippen molar-refractivity contribution >= 4 is 0 Å². The summed E-state index contributed by atoms with van der Waals surface area (Å²) in [5, 5.41) is 12.7. The summed E-state index contributed by atoms with van der Waals surface area (Å²) >= 11 is 0. The van der Waals surface area contributed by atoms with Gasteiger partial charge in [-0.1, -0.05) is 36.4 Å². The summed E-state index contributed by atoms with van der Waals surface area (Å²) in [5.41, 5.74) is 3.38. The quantitative estimate of drug-likeness (QED) is 0.923. The molecule has 0 amide bonds. The lowest BCUT2D eigenvalue weighted by Gasteiger charge is -2.13. The van der Waals surface area contributed by atoms with Crippen molar-refractivity contribution in [1.82, 2.24) is 5.32 Å². The Morgan fingerprint density at radius 1 is 1.20 bits per heavy atom. The minimum Gasteiger partial charge on any atom is -0.493 e. The van der Waals surface area contributed by atoms with E-state index in [1.807, 2.05) is 30.3 Å². The van der Waals surface area contributed by atoms with Crippen LogP contribution < -0.4 is 10.1 Å². The van der Waals surface area contributed by atoms with Crippen LogP contribution in [0.1, 0.15) is 22.7 Å². The third-order valence-corrected chi connectivity index (χ3v) is 3.53. The first-order chi connectivity index (χ1) is 9.86. The molecule has 0 radical (unpaired) electrons. The second-order valence-electron chi connectivity index (χ2n) is 4.89. The average molecular weight is 264 g/mol. The highest BCUT2D eigenvalue weighted by Gasteiger charge is 2.16. The lowest BCUT2D eigenvalue weighted by molar-refractivity contribution is 0.357. The van der Waals surface area contributed by atoms with Crippen molar-refractivity contribution in [3.63, 3.8) is 0 Å². The maximum absolute atomic E-state index is 9.36. The normalized spacial score (nSPS) is 14.2. The smallest absolute Gasteiger partial charge is 0.122 e. The van der Waals surface area contributed by atoms with Gasteiger partial charge in [0, 0.05) is 13.0 Å². The Kier molecular flexibility index (Phi) is 3.67. The zero-order valence-electron chi connectivity index (χ0n) is 11.2. The lowest BCUT2D eigenvalue weighted by atomic mass is 10.0. The number of ether oxygens (including phenoxy) is 1. The standard InChI is InChI=1S/C17H16N2O/c18-11-16(19-12-13-4-2-1-3-5-13)14-6-7-17-15(10-14)8-9-20-17/h1-7,10,16,19H,8-9,12H2. The first-order valence-electron chi connectivity index (χ1n) is 6.79. The van der Waals surface area contributed by atoms with E-state index < -0.39 is 0 Å². The fourth-order valence-corrected chi connectivity index (χ4v) is 2.44. The summed E-state index contributed by atoms with van der Waals surface area (Å²) in [6.45, 7) is 1.43. The second-order valence-corrected chi connectivity index (χ2v) is 4.89. The Morgan fingerprint density at radius 3 is 2.85 bits per heavy atom. The summed E-state index contributed by atoms with van der Waals surface area (Å²) in [5.74, 6) is 0.952. The SMILES string of the molecule is N#CC(NCc1ccccc1)c1ccc2c(c1)CCO2. The van der Waals surface area contributed by atoms with Gasteiger partial charge in [0.15, 0.2) is 0 Å². The number of hydrogen-bond acceptors (Lipinski definition) is 3. The minimum absolute atomic E-state index is 0.291. The maximum Gasteiger partial charge on any atom is 0.122 e. The van der Waals surface area contributed by atoms with E-state index in [0.717, 1.165) is 24.3 Å². The van der Waals surface area contributed by atoms with Crippen LogP contribution in [-0.2, 0) is 13.0 Å². The maximum atomic E-state index is 9.36. The molecule has 3 heteroatoms. The molecule has 3 nitrogen and oxygen atoms in total. The molecule has 0 saturated heterocycles. The van der Waals surface area contributed by atoms with Crippen LogP contribution in [-0.4, -0.2) is 6.61 Å². The van der Waals surface area contributed by atoms with Crippen molar-refractivity contribution in [2.24, 2.45) is 0 Å². The van der Waals surface area contributed by atoms with Crippen LogP contribution >= 0.6 is 0 Å². The number of fused-ring (bicyclic) bond motifs is 1. The van der Waals surface area contributed by atoms with Gasteiger partial charge in [-0.05, 0) is 28.8 Å². The highest BCUT2D eigenvalue weighted by molar-refractivity contribution is 5.42. The highest BCUT2D eigenvalue weighted by atomic mass is 16.5. The number of benzene rings is 2. The summed E-state index contributed by atoms with van der Waals surface area (Å²) < 4.78 is 5.49. The van der Waals surface area contributed by atoms with Crippen molar-refractivity contribution in [3.8, 4) is 11.8 Å². The lowest BCUT2D eigenvalue weighted by Crippen LogP contribution is -2.19. The van der Waals surface area contributed by atoms with Crippen molar-refractivity contribution in [3.05, 3.63) is 65.2 Å². The molecule has 2 aromatic rings. The number of hydrogen-bond donors (Lipinski definition) is 1. The Balaban J connectivity index is 1.72. The van der Waals surface area contributed by atoms with Crippen LogP contribution in [0.3, 0.4) is 0 Å². The van der Waals surface area contributed by atoms with Crippen LogP contribution in [0.15, 0.2) is 48.5 Å². The van der Waals surface area contributed by atoms with Crippen molar-refractivity contribution in [2.75, 3.05) is 6.61 Å². The van der Waals surface area contributed by atoms with Gasteiger partial charge < -0.3 is 4.74 Å². The van der Waals surface area contributed by atoms with Crippen molar-refractivity contribution < 1.29 is 4.74 Å². The predicted molar refractivity (Wildman–Crippen MR) is 77.3 cm³/mol. The number of nitriles is 1. The molecule has 3 rings (SSSR count). The van der Waals surface area contributed by atoms with Gasteiger partial charge in [-0.15, -0.1) is 0 Å². The van der Waals surface area contributed by atoms with Gasteiger partial charge in [-0.2, -0.15) is 5.26 Å². The molecule has 1 heterocycles. The van der Waals surface area contributed by atoms with E-state index in [0.29, 0.717) is 6.54 Å². The third-order valence-electron chi connectivity index (χ3n) is 3.53. The molecule has 0 saturated carbocycles. The minimum atomic E-state index is -0.291. The first-order valence-corrected chi connectivity index (χ1v) is 6.79. The fourth-order valence-electron chi connectivity index (χ4n) is 2.44. The second kappa shape index (κ2) is 5.77. The number of nitrogens with zero attached hydrogens (tertiary/aromatic N) is 1. The summed E-state index contributed by atoms with van der Waals surface area (Å²) in [6.07, 6.45) is 0.931. The molecule has 1 atom stereocenters. The van der Waals surface area contributed by atoms with Gasteiger partial charge in [0.2, 0.25) is 0 Å². The molecule has 1 aliphatic rings. The fraction of sp³-hybridized carbons (Fsp3) is 0.235. The van der Waals surface area contributed by atoms with Gasteiger partial charge in [-0.3, -0.25) is 5.32 Å². The van der Waals surface area contributed by atoms with E-state index in [-0.39, 0.29) is 6.04 Å². The topological polar surface area (TPSA) is 45.0 Å². The van der Waals surface area contributed by atoms with Crippen LogP contribution in [0, 0.1) is 11.3 Å². The first kappa shape index (κ1) is 12.7. The summed E-state index contributed by atoms with van der Waals surface area (Å²) in [7, 11) is 0. The number of nitrogens with one attached hydrogen (secondary N) is 1. The van der Waals surface area contributed by atoms with Crippen molar-refractivity contribution in [2.45, 2.75) is 19.0 Å². The molecule has 1 unspecified atom stereocenters. The molecular weight excluding hydrogens is 248 g/mol. The molecule has 0 aliphatic carbocycles. The predicted octanol–water partition coefficient (Wildman–Crippen LogP) is 2.98. The van der Waals surface area contributed by atoms with E-state index in [9.17, 15) is 5.26 Å². The van der Waals surface area contributed by atoms with Crippen LogP contribution in [0.4, 0.5) is 0 Å². The molecule has 100 valence electrons. The molecule has 0 spiro atoms. The zero-order chi connectivity index (χ0) is 13.8. The zero-order valence-corrected chi connectivity index (χ0v) is 11.2. The molecule has 20 heavy (non-hydrogen) atoms. The number of rotatable bonds is 4. The van der Waals surface area contributed by atoms with Gasteiger partial charge >= 0.3 is 0 Å². The molecule has 1 aliphatic heterocycles. The third kappa shape index (κ3) is 2.66. The van der Waals surface area contributed by atoms with E-state index in [4.69, 9.17) is 4.74 Å². The largest absolute Gasteiger partial charge is 0.493 e. The van der Waals surface area contributed by atoms with Gasteiger partial charge in [0.05, 0.1) is 12.7 Å². The van der Waals surface area contributed by atoms with Crippen molar-refractivity contribution in [1.29, 1.82) is 5.26 Å². The van der Waals surface area contributed by atoms with Crippen LogP contribution in [0.5, 0.6) is 5.75 Å². The van der Waals surface area contributed by atoms with Gasteiger partial charge in [-0.25, -0.2) is 0 Å². The molecule has 1 N–H and O–H groups in total. The van der Waals surface area contributed by atoms with E-state index in [2.05, 4.69) is 29.6 Å². The average Bonchev–Trinajstić information content (AvgIpc) is 2.96. The van der Waals surface area contributed by atoms with Gasteiger partial charge in [0.1, 0.15) is 11.8 Å². The Hall–Kier alpha value is -2.31. The monoisotopic (exact) mass is 264 g/mol. The molecular formula is C17H16N2O. The Labute approximate surface area is 118 Å². The Morgan fingerprint density at radius 2 is 2.05 bits per heavy atom. The van der Waals surface area contributed by atoms with E-state index >= 15 is 0 Å². The summed E-state index contributed by atoms with van der Waals surface area (Å²) in [4.78, 5) is 0. The van der Waals surface area contributed by atoms with E-state index in [1.165, 1.54) is 11.1 Å². The molecule has 0 aromatic heterocycles. The molecule has 0 fully saturated rings. The molecule has 2 aromatic carbocycles. The van der Waals surface area contributed by atoms with Crippen LogP contribution in [0.25, 0.3) is 0 Å².